The average molecular weight is 249 g/mol. The molecule has 0 saturated carbocycles. The van der Waals surface area contributed by atoms with Crippen molar-refractivity contribution in [2.45, 2.75) is 40.2 Å². The molecule has 1 N–H and O–H groups in total. The molecule has 3 nitrogen and oxygen atoms in total. The maximum atomic E-state index is 4.24. The van der Waals surface area contributed by atoms with E-state index >= 15 is 0 Å². The Morgan fingerprint density at radius 2 is 2.17 bits per heavy atom. The van der Waals surface area contributed by atoms with Crippen LogP contribution in [0.5, 0.6) is 0 Å². The van der Waals surface area contributed by atoms with Gasteiger partial charge in [-0.1, -0.05) is 20.8 Å². The van der Waals surface area contributed by atoms with Crippen molar-refractivity contribution < 1.29 is 0 Å². The number of rotatable bonds is 8. The minimum atomic E-state index is 0.746. The zero-order valence-corrected chi connectivity index (χ0v) is 12.2. The molecule has 1 aromatic rings. The molecule has 3 heteroatoms. The number of anilines is 1. The van der Waals surface area contributed by atoms with Crippen LogP contribution in [0.4, 0.5) is 5.69 Å². The Bertz CT molecular complexity index is 336. The van der Waals surface area contributed by atoms with Crippen molar-refractivity contribution in [3.63, 3.8) is 0 Å². The third kappa shape index (κ3) is 5.05. The highest BCUT2D eigenvalue weighted by Crippen LogP contribution is 2.18. The second-order valence-corrected chi connectivity index (χ2v) is 5.29. The number of hydrogen-bond donors (Lipinski definition) is 1. The van der Waals surface area contributed by atoms with Crippen LogP contribution >= 0.6 is 0 Å². The van der Waals surface area contributed by atoms with Gasteiger partial charge in [-0.3, -0.25) is 4.98 Å². The number of hydrogen-bond acceptors (Lipinski definition) is 3. The van der Waals surface area contributed by atoms with Gasteiger partial charge in [0.2, 0.25) is 0 Å². The molecule has 0 aromatic carbocycles. The molecule has 1 aromatic heterocycles. The van der Waals surface area contributed by atoms with Crippen LogP contribution in [0.1, 0.15) is 39.2 Å². The lowest BCUT2D eigenvalue weighted by molar-refractivity contribution is 0.583. The summed E-state index contributed by atoms with van der Waals surface area (Å²) in [5.74, 6) is 0.746. The van der Waals surface area contributed by atoms with Gasteiger partial charge in [0.1, 0.15) is 0 Å². The smallest absolute Gasteiger partial charge is 0.0440 e. The van der Waals surface area contributed by atoms with E-state index in [1.165, 1.54) is 24.1 Å². The van der Waals surface area contributed by atoms with Gasteiger partial charge in [-0.05, 0) is 31.4 Å². The fourth-order valence-electron chi connectivity index (χ4n) is 1.90. The Morgan fingerprint density at radius 3 is 2.83 bits per heavy atom. The highest BCUT2D eigenvalue weighted by Gasteiger charge is 2.07. The quantitative estimate of drug-likeness (QED) is 0.718. The predicted molar refractivity (Wildman–Crippen MR) is 79.0 cm³/mol. The Morgan fingerprint density at radius 1 is 1.39 bits per heavy atom. The van der Waals surface area contributed by atoms with Crippen LogP contribution in [-0.2, 0) is 6.54 Å². The summed E-state index contributed by atoms with van der Waals surface area (Å²) in [4.78, 5) is 6.57. The van der Waals surface area contributed by atoms with Gasteiger partial charge in [-0.2, -0.15) is 0 Å². The van der Waals surface area contributed by atoms with Gasteiger partial charge in [-0.15, -0.1) is 0 Å². The molecule has 0 amide bonds. The molecule has 0 saturated heterocycles. The van der Waals surface area contributed by atoms with Crippen LogP contribution in [0.25, 0.3) is 0 Å². The van der Waals surface area contributed by atoms with Crippen molar-refractivity contribution in [3.8, 4) is 0 Å². The van der Waals surface area contributed by atoms with E-state index in [0.29, 0.717) is 0 Å². The number of pyridine rings is 1. The molecule has 1 rings (SSSR count). The van der Waals surface area contributed by atoms with Crippen LogP contribution in [0.2, 0.25) is 0 Å². The summed E-state index contributed by atoms with van der Waals surface area (Å²) in [6.45, 7) is 9.79. The lowest BCUT2D eigenvalue weighted by atomic mass is 10.1. The van der Waals surface area contributed by atoms with E-state index in [0.717, 1.165) is 25.6 Å². The van der Waals surface area contributed by atoms with Gasteiger partial charge in [0.05, 0.1) is 0 Å². The second-order valence-electron chi connectivity index (χ2n) is 5.29. The SMILES string of the molecule is CCCNCc1cnccc1N(C)CCC(C)C. The third-order valence-corrected chi connectivity index (χ3v) is 3.07. The molecule has 0 aliphatic heterocycles. The molecular formula is C15H27N3. The van der Waals surface area contributed by atoms with Crippen molar-refractivity contribution in [1.29, 1.82) is 0 Å². The van der Waals surface area contributed by atoms with Crippen molar-refractivity contribution >= 4 is 5.69 Å². The molecule has 0 aliphatic carbocycles. The van der Waals surface area contributed by atoms with E-state index < -0.39 is 0 Å². The molecule has 0 bridgehead atoms. The molecule has 0 radical (unpaired) electrons. The van der Waals surface area contributed by atoms with Gasteiger partial charge in [0, 0.05) is 43.8 Å². The number of aromatic nitrogens is 1. The van der Waals surface area contributed by atoms with E-state index in [1.54, 1.807) is 0 Å². The molecule has 1 heterocycles. The Kier molecular flexibility index (Phi) is 6.73. The summed E-state index contributed by atoms with van der Waals surface area (Å²) in [6.07, 6.45) is 6.24. The third-order valence-electron chi connectivity index (χ3n) is 3.07. The number of nitrogens with zero attached hydrogens (tertiary/aromatic N) is 2. The van der Waals surface area contributed by atoms with Crippen LogP contribution in [0.15, 0.2) is 18.5 Å². The maximum Gasteiger partial charge on any atom is 0.0440 e. The number of nitrogens with one attached hydrogen (secondary N) is 1. The Balaban J connectivity index is 2.62. The first-order chi connectivity index (χ1) is 8.65. The van der Waals surface area contributed by atoms with Crippen molar-refractivity contribution in [2.24, 2.45) is 5.92 Å². The topological polar surface area (TPSA) is 28.2 Å². The second kappa shape index (κ2) is 8.09. The average Bonchev–Trinajstić information content (AvgIpc) is 2.37. The van der Waals surface area contributed by atoms with Gasteiger partial charge < -0.3 is 10.2 Å². The van der Waals surface area contributed by atoms with Crippen molar-refractivity contribution in [1.82, 2.24) is 10.3 Å². The Hall–Kier alpha value is -1.09. The standard InChI is InChI=1S/C15H27N3/c1-5-8-16-11-14-12-17-9-6-15(14)18(4)10-7-13(2)3/h6,9,12-13,16H,5,7-8,10-11H2,1-4H3. The molecule has 102 valence electrons. The molecule has 0 atom stereocenters. The zero-order valence-electron chi connectivity index (χ0n) is 12.2. The van der Waals surface area contributed by atoms with Gasteiger partial charge >= 0.3 is 0 Å². The van der Waals surface area contributed by atoms with E-state index in [2.05, 4.69) is 49.1 Å². The van der Waals surface area contributed by atoms with Crippen LogP contribution in [0, 0.1) is 5.92 Å². The summed E-state index contributed by atoms with van der Waals surface area (Å²) in [6, 6.07) is 2.11. The van der Waals surface area contributed by atoms with E-state index in [1.807, 2.05) is 12.4 Å². The van der Waals surface area contributed by atoms with E-state index in [4.69, 9.17) is 0 Å². The lowest BCUT2D eigenvalue weighted by Crippen LogP contribution is -2.23. The summed E-state index contributed by atoms with van der Waals surface area (Å²) >= 11 is 0. The first kappa shape index (κ1) is 15.0. The maximum absolute atomic E-state index is 4.24. The predicted octanol–water partition coefficient (Wildman–Crippen LogP) is 3.06. The Labute approximate surface area is 112 Å². The van der Waals surface area contributed by atoms with Gasteiger partial charge in [-0.25, -0.2) is 0 Å². The van der Waals surface area contributed by atoms with Crippen LogP contribution < -0.4 is 10.2 Å². The molecule has 0 aliphatic rings. The minimum Gasteiger partial charge on any atom is -0.374 e. The summed E-state index contributed by atoms with van der Waals surface area (Å²) in [5, 5.41) is 3.44. The fraction of sp³-hybridized carbons (Fsp3) is 0.667. The molecule has 0 fully saturated rings. The van der Waals surface area contributed by atoms with Crippen molar-refractivity contribution in [2.75, 3.05) is 25.0 Å². The largest absolute Gasteiger partial charge is 0.374 e. The first-order valence-corrected chi connectivity index (χ1v) is 6.99. The first-order valence-electron chi connectivity index (χ1n) is 6.99. The fourth-order valence-corrected chi connectivity index (χ4v) is 1.90. The molecule has 18 heavy (non-hydrogen) atoms. The molecule has 0 spiro atoms. The van der Waals surface area contributed by atoms with Crippen LogP contribution in [0.3, 0.4) is 0 Å². The zero-order chi connectivity index (χ0) is 13.4. The van der Waals surface area contributed by atoms with Gasteiger partial charge in [0.15, 0.2) is 0 Å². The highest BCUT2D eigenvalue weighted by molar-refractivity contribution is 5.51. The summed E-state index contributed by atoms with van der Waals surface area (Å²) < 4.78 is 0. The van der Waals surface area contributed by atoms with Crippen molar-refractivity contribution in [3.05, 3.63) is 24.0 Å². The minimum absolute atomic E-state index is 0.746. The lowest BCUT2D eigenvalue weighted by Gasteiger charge is -2.23. The normalized spacial score (nSPS) is 10.9. The molecular weight excluding hydrogens is 222 g/mol. The van der Waals surface area contributed by atoms with Gasteiger partial charge in [0.25, 0.3) is 0 Å². The van der Waals surface area contributed by atoms with E-state index in [9.17, 15) is 0 Å². The molecule has 0 unspecified atom stereocenters. The van der Waals surface area contributed by atoms with Crippen LogP contribution in [-0.4, -0.2) is 25.1 Å². The van der Waals surface area contributed by atoms with E-state index in [-0.39, 0.29) is 0 Å². The summed E-state index contributed by atoms with van der Waals surface area (Å²) in [7, 11) is 2.17. The summed E-state index contributed by atoms with van der Waals surface area (Å²) in [5.41, 5.74) is 2.59. The highest BCUT2D eigenvalue weighted by atomic mass is 15.1. The monoisotopic (exact) mass is 249 g/mol.